The predicted molar refractivity (Wildman–Crippen MR) is 114 cm³/mol. The van der Waals surface area contributed by atoms with Crippen LogP contribution in [-0.4, -0.2) is 47.7 Å². The van der Waals surface area contributed by atoms with Crippen LogP contribution in [0.5, 0.6) is 0 Å². The maximum atomic E-state index is 13.1. The van der Waals surface area contributed by atoms with Gasteiger partial charge in [-0.2, -0.15) is 0 Å². The molecule has 3 rings (SSSR count). The van der Waals surface area contributed by atoms with E-state index in [1.54, 1.807) is 0 Å². The molecule has 176 valence electrons. The molecule has 0 amide bonds. The summed E-state index contributed by atoms with van der Waals surface area (Å²) in [6, 6.07) is 5.52. The monoisotopic (exact) mass is 488 g/mol. The van der Waals surface area contributed by atoms with Gasteiger partial charge in [0.2, 0.25) is 5.78 Å². The van der Waals surface area contributed by atoms with E-state index in [0.29, 0.717) is 6.07 Å². The summed E-state index contributed by atoms with van der Waals surface area (Å²) in [5.74, 6) is -5.42. The SMILES string of the molecule is CS(=O)(=O)c1ccc(C(=O)c2cccc(C(=O)C3C(=O)CCCC3=O)c2[N+](=O)[O-])c([N+](=O)[O-])c1. The number of nitro benzene ring substituents is 2. The van der Waals surface area contributed by atoms with E-state index in [2.05, 4.69) is 0 Å². The van der Waals surface area contributed by atoms with Crippen LogP contribution in [0.15, 0.2) is 41.3 Å². The Morgan fingerprint density at radius 1 is 0.912 bits per heavy atom. The summed E-state index contributed by atoms with van der Waals surface area (Å²) in [4.78, 5) is 71.3. The second-order valence-corrected chi connectivity index (χ2v) is 9.60. The number of benzene rings is 2. The van der Waals surface area contributed by atoms with Gasteiger partial charge in [0.25, 0.3) is 11.4 Å². The second kappa shape index (κ2) is 9.02. The molecule has 0 heterocycles. The van der Waals surface area contributed by atoms with Gasteiger partial charge in [0.15, 0.2) is 27.2 Å². The standard InChI is InChI=1S/C21H16N2O10S/c1-34(32,33)11-8-9-12(15(10-11)22(28)29)20(26)13-4-2-5-14(19(13)23(30)31)21(27)18-16(24)6-3-7-17(18)25/h2,4-5,8-10,18H,3,6-7H2,1H3. The topological polar surface area (TPSA) is 189 Å². The van der Waals surface area contributed by atoms with Crippen molar-refractivity contribution in [1.29, 1.82) is 0 Å². The van der Waals surface area contributed by atoms with Crippen LogP contribution in [0, 0.1) is 26.1 Å². The summed E-state index contributed by atoms with van der Waals surface area (Å²) in [6.45, 7) is 0. The fourth-order valence-electron chi connectivity index (χ4n) is 3.71. The van der Waals surface area contributed by atoms with Crippen LogP contribution in [0.4, 0.5) is 11.4 Å². The predicted octanol–water partition coefficient (Wildman–Crippen LogP) is 2.26. The van der Waals surface area contributed by atoms with E-state index in [1.165, 1.54) is 0 Å². The normalized spacial score (nSPS) is 14.6. The zero-order chi connectivity index (χ0) is 25.4. The second-order valence-electron chi connectivity index (χ2n) is 7.58. The average Bonchev–Trinajstić information content (AvgIpc) is 2.76. The Hall–Kier alpha value is -4.13. The Morgan fingerprint density at radius 3 is 2.03 bits per heavy atom. The third kappa shape index (κ3) is 4.50. The van der Waals surface area contributed by atoms with Gasteiger partial charge in [-0.1, -0.05) is 6.07 Å². The Kier molecular flexibility index (Phi) is 6.50. The summed E-state index contributed by atoms with van der Waals surface area (Å²) in [5.41, 5.74) is -3.90. The first-order chi connectivity index (χ1) is 15.8. The van der Waals surface area contributed by atoms with Crippen molar-refractivity contribution in [2.24, 2.45) is 5.92 Å². The molecule has 2 aromatic carbocycles. The lowest BCUT2D eigenvalue weighted by molar-refractivity contribution is -0.385. The molecule has 0 bridgehead atoms. The van der Waals surface area contributed by atoms with Crippen molar-refractivity contribution in [2.75, 3.05) is 6.26 Å². The zero-order valence-corrected chi connectivity index (χ0v) is 18.4. The first kappa shape index (κ1) is 24.5. The number of nitro groups is 2. The fourth-order valence-corrected chi connectivity index (χ4v) is 4.35. The summed E-state index contributed by atoms with van der Waals surface area (Å²) in [5, 5.41) is 23.4. The molecule has 0 aromatic heterocycles. The van der Waals surface area contributed by atoms with Crippen molar-refractivity contribution in [3.8, 4) is 0 Å². The lowest BCUT2D eigenvalue weighted by Gasteiger charge is -2.18. The lowest BCUT2D eigenvalue weighted by atomic mass is 9.81. The highest BCUT2D eigenvalue weighted by molar-refractivity contribution is 7.90. The summed E-state index contributed by atoms with van der Waals surface area (Å²) >= 11 is 0. The molecule has 0 aliphatic heterocycles. The van der Waals surface area contributed by atoms with Gasteiger partial charge in [-0.15, -0.1) is 0 Å². The number of carbonyl (C=O) groups is 4. The molecular weight excluding hydrogens is 472 g/mol. The third-order valence-corrected chi connectivity index (χ3v) is 6.43. The minimum absolute atomic E-state index is 0.0482. The number of ketones is 4. The van der Waals surface area contributed by atoms with Crippen molar-refractivity contribution in [1.82, 2.24) is 0 Å². The van der Waals surface area contributed by atoms with Crippen LogP contribution in [0.3, 0.4) is 0 Å². The Balaban J connectivity index is 2.18. The van der Waals surface area contributed by atoms with E-state index in [1.807, 2.05) is 0 Å². The minimum atomic E-state index is -3.86. The molecule has 0 radical (unpaired) electrons. The Morgan fingerprint density at radius 2 is 1.50 bits per heavy atom. The van der Waals surface area contributed by atoms with Crippen LogP contribution >= 0.6 is 0 Å². The van der Waals surface area contributed by atoms with Crippen LogP contribution in [0.1, 0.15) is 45.5 Å². The van der Waals surface area contributed by atoms with Gasteiger partial charge in [0, 0.05) is 25.2 Å². The molecule has 0 unspecified atom stereocenters. The smallest absolute Gasteiger partial charge is 0.291 e. The van der Waals surface area contributed by atoms with Crippen LogP contribution in [0.25, 0.3) is 0 Å². The fraction of sp³-hybridized carbons (Fsp3) is 0.238. The molecule has 13 heteroatoms. The highest BCUT2D eigenvalue weighted by Crippen LogP contribution is 2.33. The van der Waals surface area contributed by atoms with Gasteiger partial charge < -0.3 is 0 Å². The Bertz CT molecular complexity index is 1380. The van der Waals surface area contributed by atoms with Crippen molar-refractivity contribution >= 4 is 44.3 Å². The van der Waals surface area contributed by atoms with Crippen molar-refractivity contribution in [3.63, 3.8) is 0 Å². The van der Waals surface area contributed by atoms with E-state index >= 15 is 0 Å². The highest BCUT2D eigenvalue weighted by Gasteiger charge is 2.40. The highest BCUT2D eigenvalue weighted by atomic mass is 32.2. The van der Waals surface area contributed by atoms with E-state index in [0.717, 1.165) is 36.6 Å². The van der Waals surface area contributed by atoms with Crippen molar-refractivity contribution < 1.29 is 37.4 Å². The average molecular weight is 488 g/mol. The zero-order valence-electron chi connectivity index (χ0n) is 17.5. The summed E-state index contributed by atoms with van der Waals surface area (Å²) < 4.78 is 23.5. The van der Waals surface area contributed by atoms with Gasteiger partial charge in [0.1, 0.15) is 17.0 Å². The molecule has 0 atom stereocenters. The van der Waals surface area contributed by atoms with Gasteiger partial charge >= 0.3 is 0 Å². The largest absolute Gasteiger partial charge is 0.298 e. The number of sulfone groups is 1. The number of rotatable bonds is 7. The molecule has 0 spiro atoms. The first-order valence-corrected chi connectivity index (χ1v) is 11.6. The van der Waals surface area contributed by atoms with Crippen LogP contribution < -0.4 is 0 Å². The maximum Gasteiger partial charge on any atom is 0.291 e. The van der Waals surface area contributed by atoms with Gasteiger partial charge in [-0.05, 0) is 30.7 Å². The minimum Gasteiger partial charge on any atom is -0.298 e. The molecule has 12 nitrogen and oxygen atoms in total. The molecule has 1 aliphatic rings. The van der Waals surface area contributed by atoms with Crippen LogP contribution in [0.2, 0.25) is 0 Å². The van der Waals surface area contributed by atoms with E-state index < -0.39 is 81.7 Å². The molecule has 1 saturated carbocycles. The van der Waals surface area contributed by atoms with Gasteiger partial charge in [0.05, 0.1) is 20.3 Å². The lowest BCUT2D eigenvalue weighted by Crippen LogP contribution is -2.35. The van der Waals surface area contributed by atoms with Crippen LogP contribution in [-0.2, 0) is 19.4 Å². The van der Waals surface area contributed by atoms with E-state index in [9.17, 15) is 47.8 Å². The number of hydrogen-bond acceptors (Lipinski definition) is 10. The number of nitrogens with zero attached hydrogens (tertiary/aromatic N) is 2. The summed E-state index contributed by atoms with van der Waals surface area (Å²) in [7, 11) is -3.86. The van der Waals surface area contributed by atoms with Crippen molar-refractivity contribution in [2.45, 2.75) is 24.2 Å². The Labute approximate surface area is 191 Å². The first-order valence-electron chi connectivity index (χ1n) is 9.74. The molecular formula is C21H16N2O10S. The van der Waals surface area contributed by atoms with Gasteiger partial charge in [-0.25, -0.2) is 8.42 Å². The molecule has 1 fully saturated rings. The number of carbonyl (C=O) groups excluding carboxylic acids is 4. The quantitative estimate of drug-likeness (QED) is 0.242. The molecule has 1 aliphatic carbocycles. The number of hydrogen-bond donors (Lipinski definition) is 0. The van der Waals surface area contributed by atoms with Gasteiger partial charge in [-0.3, -0.25) is 39.4 Å². The number of para-hydroxylation sites is 1. The molecule has 0 saturated heterocycles. The molecule has 0 N–H and O–H groups in total. The molecule has 34 heavy (non-hydrogen) atoms. The number of Topliss-reactive ketones (excluding diaryl/α,β-unsaturated/α-hetero) is 3. The third-order valence-electron chi connectivity index (χ3n) is 5.32. The van der Waals surface area contributed by atoms with Crippen molar-refractivity contribution in [3.05, 3.63) is 73.3 Å². The summed E-state index contributed by atoms with van der Waals surface area (Å²) in [6.07, 6.45) is 0.970. The molecule has 2 aromatic rings. The maximum absolute atomic E-state index is 13.1. The van der Waals surface area contributed by atoms with E-state index in [4.69, 9.17) is 0 Å². The van der Waals surface area contributed by atoms with E-state index in [-0.39, 0.29) is 19.3 Å².